The lowest BCUT2D eigenvalue weighted by molar-refractivity contribution is 0.0525. The van der Waals surface area contributed by atoms with E-state index in [0.717, 1.165) is 4.68 Å². The van der Waals surface area contributed by atoms with E-state index < -0.39 is 11.9 Å². The molecule has 6 heteroatoms. The number of esters is 1. The number of carbonyl (C=O) groups excluding carboxylic acids is 1. The second kappa shape index (κ2) is 4.04. The number of nitrogen functional groups attached to an aromatic ring is 1. The van der Waals surface area contributed by atoms with Gasteiger partial charge >= 0.3 is 11.9 Å². The molecule has 0 aliphatic carbocycles. The molecule has 0 bridgehead atoms. The van der Waals surface area contributed by atoms with Crippen molar-refractivity contribution in [1.82, 2.24) is 4.68 Å². The molecule has 0 aliphatic heterocycles. The van der Waals surface area contributed by atoms with Gasteiger partial charge in [-0.25, -0.2) is 9.59 Å². The van der Waals surface area contributed by atoms with Gasteiger partial charge in [0.15, 0.2) is 5.69 Å². The number of ether oxygens (including phenoxy) is 1. The first-order valence-electron chi connectivity index (χ1n) is 4.36. The molecule has 82 valence electrons. The summed E-state index contributed by atoms with van der Waals surface area (Å²) in [7, 11) is 0. The number of nitrogens with two attached hydrogens (primary N) is 1. The lowest BCUT2D eigenvalue weighted by atomic mass is 10.2. The monoisotopic (exact) mass is 212 g/mol. The number of nitrogens with zero attached hydrogens (tertiary/aromatic N) is 1. The van der Waals surface area contributed by atoms with Crippen LogP contribution in [0.5, 0.6) is 0 Å². The maximum absolute atomic E-state index is 11.4. The van der Waals surface area contributed by atoms with Gasteiger partial charge in [-0.2, -0.15) is 0 Å². The van der Waals surface area contributed by atoms with Gasteiger partial charge in [0.2, 0.25) is 0 Å². The summed E-state index contributed by atoms with van der Waals surface area (Å²) in [4.78, 5) is 22.2. The van der Waals surface area contributed by atoms with Crippen molar-refractivity contribution < 1.29 is 19.4 Å². The highest BCUT2D eigenvalue weighted by molar-refractivity contribution is 5.96. The number of aromatic carboxylic acids is 1. The Labute approximate surface area is 86.2 Å². The minimum Gasteiger partial charge on any atom is -0.477 e. The molecule has 1 heterocycles. The van der Waals surface area contributed by atoms with Crippen molar-refractivity contribution in [2.45, 2.75) is 13.8 Å². The molecular formula is C9H12N2O4. The number of hydrogen-bond acceptors (Lipinski definition) is 4. The first kappa shape index (κ1) is 11.1. The largest absolute Gasteiger partial charge is 0.477 e. The van der Waals surface area contributed by atoms with Crippen LogP contribution in [0.4, 0.5) is 0 Å². The fraction of sp³-hybridized carbons (Fsp3) is 0.333. The smallest absolute Gasteiger partial charge is 0.354 e. The van der Waals surface area contributed by atoms with Crippen molar-refractivity contribution >= 4 is 11.9 Å². The van der Waals surface area contributed by atoms with E-state index in [1.807, 2.05) is 0 Å². The minimum absolute atomic E-state index is 0.113. The lowest BCUT2D eigenvalue weighted by Gasteiger charge is -1.99. The quantitative estimate of drug-likeness (QED) is 0.558. The van der Waals surface area contributed by atoms with Crippen molar-refractivity contribution in [3.8, 4) is 0 Å². The van der Waals surface area contributed by atoms with E-state index in [4.69, 9.17) is 15.7 Å². The molecule has 0 spiro atoms. The maximum atomic E-state index is 11.4. The molecule has 6 nitrogen and oxygen atoms in total. The number of rotatable bonds is 3. The zero-order valence-electron chi connectivity index (χ0n) is 8.48. The zero-order chi connectivity index (χ0) is 11.6. The lowest BCUT2D eigenvalue weighted by Crippen LogP contribution is -2.15. The predicted octanol–water partition coefficient (Wildman–Crippen LogP) is 0.385. The van der Waals surface area contributed by atoms with E-state index in [9.17, 15) is 9.59 Å². The summed E-state index contributed by atoms with van der Waals surface area (Å²) < 4.78 is 5.66. The Morgan fingerprint density at radius 2 is 2.20 bits per heavy atom. The fourth-order valence-corrected chi connectivity index (χ4v) is 1.31. The average molecular weight is 212 g/mol. The number of aromatic nitrogens is 1. The molecule has 0 radical (unpaired) electrons. The van der Waals surface area contributed by atoms with E-state index in [0.29, 0.717) is 5.56 Å². The molecule has 0 fully saturated rings. The molecule has 0 unspecified atom stereocenters. The molecule has 1 aromatic heterocycles. The van der Waals surface area contributed by atoms with Crippen LogP contribution in [0.2, 0.25) is 0 Å². The van der Waals surface area contributed by atoms with Crippen LogP contribution >= 0.6 is 0 Å². The van der Waals surface area contributed by atoms with E-state index in [2.05, 4.69) is 0 Å². The molecular weight excluding hydrogens is 200 g/mol. The first-order valence-corrected chi connectivity index (χ1v) is 4.36. The minimum atomic E-state index is -1.18. The van der Waals surface area contributed by atoms with Crippen molar-refractivity contribution in [2.75, 3.05) is 12.4 Å². The summed E-state index contributed by atoms with van der Waals surface area (Å²) in [6.07, 6.45) is 1.25. The number of carboxylic acids is 1. The Hall–Kier alpha value is -1.98. The third-order valence-corrected chi connectivity index (χ3v) is 1.98. The standard InChI is InChI=1S/C9H12N2O4/c1-3-15-9(14)6-4-11(10)7(5(6)2)8(12)13/h4H,3,10H2,1-2H3,(H,12,13). The van der Waals surface area contributed by atoms with Crippen molar-refractivity contribution in [3.05, 3.63) is 23.0 Å². The Morgan fingerprint density at radius 3 is 2.60 bits per heavy atom. The summed E-state index contributed by atoms with van der Waals surface area (Å²) in [5, 5.41) is 8.82. The second-order valence-electron chi connectivity index (χ2n) is 2.95. The van der Waals surface area contributed by atoms with Crippen LogP contribution < -0.4 is 5.84 Å². The summed E-state index contributed by atoms with van der Waals surface area (Å²) in [5.74, 6) is 3.66. The summed E-state index contributed by atoms with van der Waals surface area (Å²) in [6, 6.07) is 0. The SMILES string of the molecule is CCOC(=O)c1cn(N)c(C(=O)O)c1C. The summed E-state index contributed by atoms with van der Waals surface area (Å²) >= 11 is 0. The molecule has 1 rings (SSSR count). The third-order valence-electron chi connectivity index (χ3n) is 1.98. The Kier molecular flexibility index (Phi) is 2.99. The second-order valence-corrected chi connectivity index (χ2v) is 2.95. The Balaban J connectivity index is 3.17. The van der Waals surface area contributed by atoms with Gasteiger partial charge in [0.1, 0.15) is 0 Å². The van der Waals surface area contributed by atoms with Crippen LogP contribution in [0.1, 0.15) is 33.3 Å². The average Bonchev–Trinajstić information content (AvgIpc) is 2.42. The topological polar surface area (TPSA) is 94.5 Å². The van der Waals surface area contributed by atoms with Gasteiger partial charge in [-0.3, -0.25) is 4.68 Å². The van der Waals surface area contributed by atoms with Crippen molar-refractivity contribution in [2.24, 2.45) is 0 Å². The summed E-state index contributed by atoms with van der Waals surface area (Å²) in [5.41, 5.74) is 0.373. The molecule has 0 amide bonds. The van der Waals surface area contributed by atoms with Gasteiger partial charge in [0.25, 0.3) is 0 Å². The highest BCUT2D eigenvalue weighted by Crippen LogP contribution is 2.15. The predicted molar refractivity (Wildman–Crippen MR) is 52.2 cm³/mol. The molecule has 1 aromatic rings. The van der Waals surface area contributed by atoms with Crippen molar-refractivity contribution in [1.29, 1.82) is 0 Å². The highest BCUT2D eigenvalue weighted by Gasteiger charge is 2.21. The van der Waals surface area contributed by atoms with Gasteiger partial charge < -0.3 is 15.7 Å². The van der Waals surface area contributed by atoms with Crippen molar-refractivity contribution in [3.63, 3.8) is 0 Å². The Morgan fingerprint density at radius 1 is 1.60 bits per heavy atom. The molecule has 0 saturated heterocycles. The molecule has 0 aromatic carbocycles. The molecule has 0 atom stereocenters. The molecule has 15 heavy (non-hydrogen) atoms. The van der Waals surface area contributed by atoms with Crippen LogP contribution in [0.15, 0.2) is 6.20 Å². The van der Waals surface area contributed by atoms with Gasteiger partial charge in [-0.05, 0) is 19.4 Å². The van der Waals surface area contributed by atoms with Gasteiger partial charge in [0, 0.05) is 6.20 Å². The zero-order valence-corrected chi connectivity index (χ0v) is 8.48. The highest BCUT2D eigenvalue weighted by atomic mass is 16.5. The number of hydrogen-bond donors (Lipinski definition) is 2. The molecule has 0 aliphatic rings. The van der Waals surface area contributed by atoms with E-state index >= 15 is 0 Å². The van der Waals surface area contributed by atoms with E-state index in [1.165, 1.54) is 13.1 Å². The van der Waals surface area contributed by atoms with Gasteiger partial charge in [0.05, 0.1) is 12.2 Å². The van der Waals surface area contributed by atoms with Crippen LogP contribution in [0, 0.1) is 6.92 Å². The molecule has 3 N–H and O–H groups in total. The Bertz CT molecular complexity index is 408. The van der Waals surface area contributed by atoms with Gasteiger partial charge in [-0.1, -0.05) is 0 Å². The van der Waals surface area contributed by atoms with Gasteiger partial charge in [-0.15, -0.1) is 0 Å². The molecule has 0 saturated carbocycles. The number of carboxylic acid groups (broad SMARTS) is 1. The van der Waals surface area contributed by atoms with E-state index in [1.54, 1.807) is 6.92 Å². The van der Waals surface area contributed by atoms with Crippen LogP contribution in [-0.2, 0) is 4.74 Å². The van der Waals surface area contributed by atoms with Crippen LogP contribution in [0.25, 0.3) is 0 Å². The first-order chi connectivity index (χ1) is 6.99. The van der Waals surface area contributed by atoms with E-state index in [-0.39, 0.29) is 17.9 Å². The van der Waals surface area contributed by atoms with Crippen LogP contribution in [-0.4, -0.2) is 28.3 Å². The third kappa shape index (κ3) is 1.93. The fourth-order valence-electron chi connectivity index (χ4n) is 1.31. The van der Waals surface area contributed by atoms with Crippen LogP contribution in [0.3, 0.4) is 0 Å². The normalized spacial score (nSPS) is 10.0. The maximum Gasteiger partial charge on any atom is 0.354 e. The number of carbonyl (C=O) groups is 2. The summed E-state index contributed by atoms with van der Waals surface area (Å²) in [6.45, 7) is 3.42.